The van der Waals surface area contributed by atoms with E-state index in [1.54, 1.807) is 0 Å². The number of ether oxygens (including phenoxy) is 1. The smallest absolute Gasteiger partial charge is 0.231 e. The molecule has 1 aromatic rings. The van der Waals surface area contributed by atoms with E-state index in [-0.39, 0.29) is 0 Å². The summed E-state index contributed by atoms with van der Waals surface area (Å²) in [7, 11) is 0. The molecule has 0 bridgehead atoms. The molecule has 4 rings (SSSR count). The van der Waals surface area contributed by atoms with Crippen LogP contribution in [0.4, 0.5) is 0 Å². The second-order valence-electron chi connectivity index (χ2n) is 6.27. The number of hydrogen-bond acceptors (Lipinski definition) is 5. The van der Waals surface area contributed by atoms with Crippen molar-refractivity contribution >= 4 is 0 Å². The maximum atomic E-state index is 5.92. The first-order valence-corrected chi connectivity index (χ1v) is 7.45. The van der Waals surface area contributed by atoms with E-state index in [9.17, 15) is 0 Å². The van der Waals surface area contributed by atoms with Gasteiger partial charge in [-0.05, 0) is 38.5 Å². The summed E-state index contributed by atoms with van der Waals surface area (Å²) in [6.07, 6.45) is 5.39. The topological polar surface area (TPSA) is 51.4 Å². The van der Waals surface area contributed by atoms with Crippen molar-refractivity contribution in [1.82, 2.24) is 15.0 Å². The van der Waals surface area contributed by atoms with E-state index >= 15 is 0 Å². The molecule has 0 spiro atoms. The first kappa shape index (κ1) is 11.9. The Hall–Kier alpha value is -0.940. The molecule has 0 N–H and O–H groups in total. The molecule has 1 saturated carbocycles. The number of aryl methyl sites for hydroxylation is 1. The lowest BCUT2D eigenvalue weighted by Crippen LogP contribution is -2.49. The Morgan fingerprint density at radius 1 is 1.32 bits per heavy atom. The molecule has 2 aliphatic heterocycles. The van der Waals surface area contributed by atoms with Gasteiger partial charge >= 0.3 is 0 Å². The van der Waals surface area contributed by atoms with E-state index in [0.29, 0.717) is 18.1 Å². The van der Waals surface area contributed by atoms with E-state index in [2.05, 4.69) is 15.0 Å². The predicted octanol–water partition coefficient (Wildman–Crippen LogP) is 1.73. The zero-order valence-corrected chi connectivity index (χ0v) is 11.4. The van der Waals surface area contributed by atoms with Gasteiger partial charge in [-0.15, -0.1) is 0 Å². The summed E-state index contributed by atoms with van der Waals surface area (Å²) < 4.78 is 11.3. The minimum Gasteiger partial charge on any atom is -0.377 e. The van der Waals surface area contributed by atoms with Gasteiger partial charge in [0.2, 0.25) is 5.89 Å². The van der Waals surface area contributed by atoms with E-state index in [0.717, 1.165) is 37.2 Å². The first-order chi connectivity index (χ1) is 9.29. The quantitative estimate of drug-likeness (QED) is 0.831. The van der Waals surface area contributed by atoms with Gasteiger partial charge in [-0.25, -0.2) is 0 Å². The molecule has 5 heteroatoms. The molecule has 0 radical (unpaired) electrons. The molecule has 5 nitrogen and oxygen atoms in total. The standard InChI is InChI=1S/C14H21N3O2/c1-9-15-14(19-16-9)11-6-13-12(4-5-18-13)17(8-11)7-10-2-3-10/h10-13H,2-8H2,1H3/t11-,12+,13+/m1/s1. The normalized spacial score (nSPS) is 35.5. The second kappa shape index (κ2) is 4.56. The monoisotopic (exact) mass is 263 g/mol. The van der Waals surface area contributed by atoms with Crippen molar-refractivity contribution in [1.29, 1.82) is 0 Å². The van der Waals surface area contributed by atoms with Gasteiger partial charge in [0, 0.05) is 25.7 Å². The predicted molar refractivity (Wildman–Crippen MR) is 68.8 cm³/mol. The Balaban J connectivity index is 1.53. The van der Waals surface area contributed by atoms with E-state index in [1.807, 2.05) is 6.92 Å². The van der Waals surface area contributed by atoms with Crippen molar-refractivity contribution in [2.24, 2.45) is 5.92 Å². The molecular formula is C14H21N3O2. The minimum absolute atomic E-state index is 0.347. The van der Waals surface area contributed by atoms with Crippen LogP contribution < -0.4 is 0 Å². The molecule has 0 aromatic carbocycles. The van der Waals surface area contributed by atoms with Gasteiger partial charge < -0.3 is 9.26 Å². The zero-order chi connectivity index (χ0) is 12.8. The highest BCUT2D eigenvalue weighted by atomic mass is 16.5. The molecule has 3 fully saturated rings. The highest BCUT2D eigenvalue weighted by Crippen LogP contribution is 2.38. The Bertz CT molecular complexity index is 457. The van der Waals surface area contributed by atoms with Crippen LogP contribution in [0.5, 0.6) is 0 Å². The Kier molecular flexibility index (Phi) is 2.84. The number of rotatable bonds is 3. The molecule has 0 amide bonds. The third-order valence-electron chi connectivity index (χ3n) is 4.70. The van der Waals surface area contributed by atoms with Crippen LogP contribution in [0.15, 0.2) is 4.52 Å². The highest BCUT2D eigenvalue weighted by molar-refractivity contribution is 5.03. The average molecular weight is 263 g/mol. The number of fused-ring (bicyclic) bond motifs is 1. The Morgan fingerprint density at radius 2 is 2.21 bits per heavy atom. The lowest BCUT2D eigenvalue weighted by molar-refractivity contribution is 0.0101. The van der Waals surface area contributed by atoms with Crippen molar-refractivity contribution in [2.75, 3.05) is 19.7 Å². The van der Waals surface area contributed by atoms with Crippen molar-refractivity contribution in [3.8, 4) is 0 Å². The van der Waals surface area contributed by atoms with Crippen LogP contribution in [-0.4, -0.2) is 46.9 Å². The lowest BCUT2D eigenvalue weighted by atomic mass is 9.89. The molecule has 3 atom stereocenters. The first-order valence-electron chi connectivity index (χ1n) is 7.45. The van der Waals surface area contributed by atoms with Crippen LogP contribution >= 0.6 is 0 Å². The molecule has 3 aliphatic rings. The van der Waals surface area contributed by atoms with Crippen LogP contribution in [0.25, 0.3) is 0 Å². The van der Waals surface area contributed by atoms with Crippen molar-refractivity contribution in [3.63, 3.8) is 0 Å². The third kappa shape index (κ3) is 2.30. The highest BCUT2D eigenvalue weighted by Gasteiger charge is 2.43. The summed E-state index contributed by atoms with van der Waals surface area (Å²) in [4.78, 5) is 7.05. The van der Waals surface area contributed by atoms with E-state index in [1.165, 1.54) is 25.8 Å². The van der Waals surface area contributed by atoms with E-state index < -0.39 is 0 Å². The molecule has 3 heterocycles. The molecular weight excluding hydrogens is 242 g/mol. The molecule has 1 aliphatic carbocycles. The van der Waals surface area contributed by atoms with Crippen LogP contribution in [0.2, 0.25) is 0 Å². The summed E-state index contributed by atoms with van der Waals surface area (Å²) >= 11 is 0. The fourth-order valence-electron chi connectivity index (χ4n) is 3.55. The SMILES string of the molecule is Cc1noc([C@@H]2C[C@@H]3OCC[C@@H]3N(CC3CC3)C2)n1. The van der Waals surface area contributed by atoms with Crippen LogP contribution in [0, 0.1) is 12.8 Å². The van der Waals surface area contributed by atoms with Gasteiger partial charge in [-0.1, -0.05) is 5.16 Å². The van der Waals surface area contributed by atoms with Crippen LogP contribution in [0.3, 0.4) is 0 Å². The van der Waals surface area contributed by atoms with Crippen molar-refractivity contribution < 1.29 is 9.26 Å². The summed E-state index contributed by atoms with van der Waals surface area (Å²) in [5, 5.41) is 3.93. The van der Waals surface area contributed by atoms with Gasteiger partial charge in [0.25, 0.3) is 0 Å². The van der Waals surface area contributed by atoms with Gasteiger partial charge in [0.15, 0.2) is 5.82 Å². The van der Waals surface area contributed by atoms with Gasteiger partial charge in [0.1, 0.15) is 0 Å². The fraction of sp³-hybridized carbons (Fsp3) is 0.857. The van der Waals surface area contributed by atoms with Crippen LogP contribution in [0.1, 0.15) is 43.3 Å². The number of hydrogen-bond donors (Lipinski definition) is 0. The van der Waals surface area contributed by atoms with Gasteiger partial charge in [-0.2, -0.15) is 4.98 Å². The van der Waals surface area contributed by atoms with Crippen LogP contribution in [-0.2, 0) is 4.74 Å². The molecule has 1 aromatic heterocycles. The molecule has 104 valence electrons. The number of likely N-dealkylation sites (tertiary alicyclic amines) is 1. The summed E-state index contributed by atoms with van der Waals surface area (Å²) in [5.41, 5.74) is 0. The molecule has 19 heavy (non-hydrogen) atoms. The van der Waals surface area contributed by atoms with E-state index in [4.69, 9.17) is 9.26 Å². The lowest BCUT2D eigenvalue weighted by Gasteiger charge is -2.39. The zero-order valence-electron chi connectivity index (χ0n) is 11.4. The number of piperidine rings is 1. The average Bonchev–Trinajstić information content (AvgIpc) is 2.90. The minimum atomic E-state index is 0.347. The largest absolute Gasteiger partial charge is 0.377 e. The third-order valence-corrected chi connectivity index (χ3v) is 4.70. The Morgan fingerprint density at radius 3 is 2.95 bits per heavy atom. The van der Waals surface area contributed by atoms with Gasteiger partial charge in [-0.3, -0.25) is 4.90 Å². The fourth-order valence-corrected chi connectivity index (χ4v) is 3.55. The Labute approximate surface area is 113 Å². The maximum Gasteiger partial charge on any atom is 0.231 e. The summed E-state index contributed by atoms with van der Waals surface area (Å²) in [5.74, 6) is 2.80. The number of nitrogens with zero attached hydrogens (tertiary/aromatic N) is 3. The maximum absolute atomic E-state index is 5.92. The van der Waals surface area contributed by atoms with Crippen molar-refractivity contribution in [3.05, 3.63) is 11.7 Å². The van der Waals surface area contributed by atoms with Crippen molar-refractivity contribution in [2.45, 2.75) is 50.7 Å². The number of aromatic nitrogens is 2. The molecule has 0 unspecified atom stereocenters. The summed E-state index contributed by atoms with van der Waals surface area (Å²) in [6.45, 7) is 5.08. The second-order valence-corrected chi connectivity index (χ2v) is 6.27. The molecule has 2 saturated heterocycles. The summed E-state index contributed by atoms with van der Waals surface area (Å²) in [6, 6.07) is 0.626. The van der Waals surface area contributed by atoms with Gasteiger partial charge in [0.05, 0.1) is 12.0 Å².